The molecule has 60 valence electrons. The monoisotopic (exact) mass is 158 g/mol. The summed E-state index contributed by atoms with van der Waals surface area (Å²) in [5.74, 6) is 0.394. The number of carbonyl (C=O) groups excluding carboxylic acids is 1. The lowest BCUT2D eigenvalue weighted by atomic mass is 9.55. The molecule has 0 aromatic heterocycles. The highest BCUT2D eigenvalue weighted by Gasteiger charge is 2.60. The number of hydrogen-bond acceptors (Lipinski definition) is 1. The molecule has 1 fully saturated rings. The molecule has 1 heteroatoms. The maximum Gasteiger partial charge on any atom is 0.147 e. The van der Waals surface area contributed by atoms with E-state index in [0.29, 0.717) is 5.78 Å². The first-order valence-corrected chi connectivity index (χ1v) is 4.40. The van der Waals surface area contributed by atoms with Crippen LogP contribution >= 0.6 is 0 Å². The molecule has 3 aliphatic rings. The Kier molecular flexibility index (Phi) is 0.871. The zero-order valence-electron chi connectivity index (χ0n) is 6.79. The van der Waals surface area contributed by atoms with Crippen molar-refractivity contribution in [1.29, 1.82) is 0 Å². The zero-order chi connectivity index (χ0) is 8.23. The van der Waals surface area contributed by atoms with Crippen LogP contribution in [0.15, 0.2) is 36.5 Å². The van der Waals surface area contributed by atoms with Gasteiger partial charge in [-0.2, -0.15) is 0 Å². The maximum absolute atomic E-state index is 11.7. The average molecular weight is 158 g/mol. The molecule has 0 amide bonds. The number of rotatable bonds is 0. The molecule has 1 nitrogen and oxygen atoms in total. The van der Waals surface area contributed by atoms with Gasteiger partial charge >= 0.3 is 0 Å². The van der Waals surface area contributed by atoms with Crippen molar-refractivity contribution < 1.29 is 4.79 Å². The Morgan fingerprint density at radius 3 is 2.58 bits per heavy atom. The Balaban J connectivity index is 2.26. The first kappa shape index (κ1) is 6.41. The van der Waals surface area contributed by atoms with Gasteiger partial charge in [0.05, 0.1) is 5.41 Å². The molecule has 2 atom stereocenters. The molecule has 2 unspecified atom stereocenters. The number of allylic oxidation sites excluding steroid dienone is 6. The van der Waals surface area contributed by atoms with Gasteiger partial charge in [0, 0.05) is 11.8 Å². The number of hydrogen-bond donors (Lipinski definition) is 0. The Labute approximate surface area is 71.5 Å². The van der Waals surface area contributed by atoms with E-state index in [9.17, 15) is 4.79 Å². The number of Topliss-reactive ketones (excluding diaryl/α,β-unsaturated/α-hetero) is 1. The van der Waals surface area contributed by atoms with Crippen LogP contribution in [0.3, 0.4) is 0 Å². The average Bonchev–Trinajstić information content (AvgIpc) is 2.27. The summed E-state index contributed by atoms with van der Waals surface area (Å²) in [5, 5.41) is 0. The SMILES string of the molecule is O=C1CCC23C=CC=CC12C=C3. The molecule has 0 aliphatic heterocycles. The molecular formula is C11H10O. The third-order valence-electron chi connectivity index (χ3n) is 3.50. The van der Waals surface area contributed by atoms with Crippen molar-refractivity contribution in [3.05, 3.63) is 36.5 Å². The third-order valence-corrected chi connectivity index (χ3v) is 3.50. The van der Waals surface area contributed by atoms with Crippen molar-refractivity contribution >= 4 is 5.78 Å². The van der Waals surface area contributed by atoms with Crippen molar-refractivity contribution in [2.45, 2.75) is 12.8 Å². The molecule has 0 saturated heterocycles. The summed E-state index contributed by atoms with van der Waals surface area (Å²) in [7, 11) is 0. The highest BCUT2D eigenvalue weighted by molar-refractivity contribution is 5.95. The summed E-state index contributed by atoms with van der Waals surface area (Å²) in [6, 6.07) is 0. The summed E-state index contributed by atoms with van der Waals surface area (Å²) < 4.78 is 0. The fourth-order valence-corrected chi connectivity index (χ4v) is 2.66. The molecule has 0 spiro atoms. The Bertz CT molecular complexity index is 348. The van der Waals surface area contributed by atoms with Gasteiger partial charge in [-0.25, -0.2) is 0 Å². The van der Waals surface area contributed by atoms with E-state index >= 15 is 0 Å². The first-order chi connectivity index (χ1) is 5.79. The van der Waals surface area contributed by atoms with Crippen LogP contribution in [0, 0.1) is 10.8 Å². The largest absolute Gasteiger partial charge is 0.298 e. The van der Waals surface area contributed by atoms with E-state index in [2.05, 4.69) is 30.4 Å². The zero-order valence-corrected chi connectivity index (χ0v) is 6.79. The van der Waals surface area contributed by atoms with Crippen LogP contribution in [0.5, 0.6) is 0 Å². The smallest absolute Gasteiger partial charge is 0.147 e. The van der Waals surface area contributed by atoms with Crippen LogP contribution in [0.1, 0.15) is 12.8 Å². The molecule has 1 saturated carbocycles. The van der Waals surface area contributed by atoms with E-state index in [1.54, 1.807) is 0 Å². The summed E-state index contributed by atoms with van der Waals surface area (Å²) >= 11 is 0. The molecule has 12 heavy (non-hydrogen) atoms. The van der Waals surface area contributed by atoms with E-state index in [1.807, 2.05) is 6.08 Å². The van der Waals surface area contributed by atoms with E-state index in [1.165, 1.54) is 0 Å². The van der Waals surface area contributed by atoms with Crippen LogP contribution in [-0.2, 0) is 4.79 Å². The molecular weight excluding hydrogens is 148 g/mol. The van der Waals surface area contributed by atoms with Crippen LogP contribution in [0.25, 0.3) is 0 Å². The fraction of sp³-hybridized carbons (Fsp3) is 0.364. The lowest BCUT2D eigenvalue weighted by molar-refractivity contribution is -0.123. The highest BCUT2D eigenvalue weighted by atomic mass is 16.1. The van der Waals surface area contributed by atoms with Crippen LogP contribution in [0.4, 0.5) is 0 Å². The van der Waals surface area contributed by atoms with E-state index in [-0.39, 0.29) is 10.8 Å². The lowest BCUT2D eigenvalue weighted by Crippen LogP contribution is -2.43. The van der Waals surface area contributed by atoms with Gasteiger partial charge < -0.3 is 0 Å². The second-order valence-corrected chi connectivity index (χ2v) is 3.88. The predicted molar refractivity (Wildman–Crippen MR) is 46.5 cm³/mol. The molecule has 0 aromatic carbocycles. The Hall–Kier alpha value is -1.11. The van der Waals surface area contributed by atoms with Crippen LogP contribution in [-0.4, -0.2) is 5.78 Å². The standard InChI is InChI=1S/C11H10O/c12-9-3-6-10-4-1-2-5-11(9,10)8-7-10/h1-2,4-5,7-8H,3,6H2. The van der Waals surface area contributed by atoms with Crippen LogP contribution in [0.2, 0.25) is 0 Å². The number of carbonyl (C=O) groups is 1. The second-order valence-electron chi connectivity index (χ2n) is 3.88. The Morgan fingerprint density at radius 2 is 1.92 bits per heavy atom. The lowest BCUT2D eigenvalue weighted by Gasteiger charge is -2.45. The highest BCUT2D eigenvalue weighted by Crippen LogP contribution is 2.62. The van der Waals surface area contributed by atoms with E-state index in [4.69, 9.17) is 0 Å². The summed E-state index contributed by atoms with van der Waals surface area (Å²) in [6.07, 6.45) is 14.3. The van der Waals surface area contributed by atoms with E-state index < -0.39 is 0 Å². The van der Waals surface area contributed by atoms with Crippen molar-refractivity contribution in [3.8, 4) is 0 Å². The molecule has 3 rings (SSSR count). The number of ketones is 1. The molecule has 0 heterocycles. The van der Waals surface area contributed by atoms with Gasteiger partial charge in [-0.3, -0.25) is 4.79 Å². The summed E-state index contributed by atoms with van der Waals surface area (Å²) in [5.41, 5.74) is -0.138. The van der Waals surface area contributed by atoms with E-state index in [0.717, 1.165) is 12.8 Å². The minimum absolute atomic E-state index is 0.0822. The van der Waals surface area contributed by atoms with Crippen molar-refractivity contribution in [2.24, 2.45) is 10.8 Å². The molecule has 3 aliphatic carbocycles. The van der Waals surface area contributed by atoms with Gasteiger partial charge in [-0.1, -0.05) is 36.5 Å². The normalized spacial score (nSPS) is 47.2. The third kappa shape index (κ3) is 0.430. The minimum atomic E-state index is -0.220. The van der Waals surface area contributed by atoms with Gasteiger partial charge in [-0.15, -0.1) is 0 Å². The van der Waals surface area contributed by atoms with Crippen molar-refractivity contribution in [3.63, 3.8) is 0 Å². The molecule has 0 N–H and O–H groups in total. The predicted octanol–water partition coefficient (Wildman–Crippen LogP) is 2.02. The molecule has 0 aromatic rings. The first-order valence-electron chi connectivity index (χ1n) is 4.40. The minimum Gasteiger partial charge on any atom is -0.298 e. The molecule has 0 radical (unpaired) electrons. The van der Waals surface area contributed by atoms with Gasteiger partial charge in [-0.05, 0) is 6.42 Å². The maximum atomic E-state index is 11.7. The summed E-state index contributed by atoms with van der Waals surface area (Å²) in [4.78, 5) is 11.7. The van der Waals surface area contributed by atoms with Crippen LogP contribution < -0.4 is 0 Å². The van der Waals surface area contributed by atoms with Gasteiger partial charge in [0.25, 0.3) is 0 Å². The van der Waals surface area contributed by atoms with Crippen molar-refractivity contribution in [1.82, 2.24) is 0 Å². The van der Waals surface area contributed by atoms with Gasteiger partial charge in [0.15, 0.2) is 0 Å². The quantitative estimate of drug-likeness (QED) is 0.493. The molecule has 0 bridgehead atoms. The summed E-state index contributed by atoms with van der Waals surface area (Å²) in [6.45, 7) is 0. The topological polar surface area (TPSA) is 17.1 Å². The fourth-order valence-electron chi connectivity index (χ4n) is 2.66. The van der Waals surface area contributed by atoms with Gasteiger partial charge in [0.1, 0.15) is 5.78 Å². The van der Waals surface area contributed by atoms with Crippen molar-refractivity contribution in [2.75, 3.05) is 0 Å². The Morgan fingerprint density at radius 1 is 1.08 bits per heavy atom. The second kappa shape index (κ2) is 1.63. The van der Waals surface area contributed by atoms with Gasteiger partial charge in [0.2, 0.25) is 0 Å².